The minimum atomic E-state index is -1.41. The highest BCUT2D eigenvalue weighted by atomic mass is 16.4. The second-order valence-electron chi connectivity index (χ2n) is 3.87. The van der Waals surface area contributed by atoms with Gasteiger partial charge in [0, 0.05) is 0 Å². The lowest BCUT2D eigenvalue weighted by Crippen LogP contribution is -2.30. The predicted octanol–water partition coefficient (Wildman–Crippen LogP) is 1.34. The van der Waals surface area contributed by atoms with Gasteiger partial charge in [0.05, 0.1) is 0 Å². The Hall–Kier alpha value is -1.58. The summed E-state index contributed by atoms with van der Waals surface area (Å²) in [5.74, 6) is 0. The molecule has 0 saturated heterocycles. The lowest BCUT2D eigenvalue weighted by atomic mass is 9.78. The molecule has 2 nitrogen and oxygen atoms in total. The molecule has 16 heavy (non-hydrogen) atoms. The number of benzene rings is 2. The Kier molecular flexibility index (Phi) is 3.08. The van der Waals surface area contributed by atoms with Gasteiger partial charge in [0.25, 0.3) is 0 Å². The van der Waals surface area contributed by atoms with E-state index in [9.17, 15) is 10.0 Å². The second kappa shape index (κ2) is 4.52. The minimum Gasteiger partial charge on any atom is -0.423 e. The molecule has 80 valence electrons. The van der Waals surface area contributed by atoms with E-state index in [4.69, 9.17) is 0 Å². The van der Waals surface area contributed by atoms with Gasteiger partial charge >= 0.3 is 7.12 Å². The smallest absolute Gasteiger partial charge is 0.423 e. The first-order valence-electron chi connectivity index (χ1n) is 5.20. The van der Waals surface area contributed by atoms with Gasteiger partial charge in [-0.1, -0.05) is 54.1 Å². The number of rotatable bonds is 2. The highest BCUT2D eigenvalue weighted by molar-refractivity contribution is 6.58. The molecular weight excluding hydrogens is 199 g/mol. The van der Waals surface area contributed by atoms with Crippen LogP contribution >= 0.6 is 0 Å². The molecule has 0 aliphatic rings. The van der Waals surface area contributed by atoms with Gasteiger partial charge in [-0.15, -0.1) is 0 Å². The normalized spacial score (nSPS) is 10.2. The van der Waals surface area contributed by atoms with E-state index in [0.29, 0.717) is 5.46 Å². The van der Waals surface area contributed by atoms with E-state index in [2.05, 4.69) is 0 Å². The van der Waals surface area contributed by atoms with Gasteiger partial charge in [-0.2, -0.15) is 0 Å². The SMILES string of the molecule is Cc1cc(B(O)O)cc(-c2ccccc2)c1. The van der Waals surface area contributed by atoms with E-state index in [1.54, 1.807) is 12.1 Å². The highest BCUT2D eigenvalue weighted by Gasteiger charge is 2.12. The van der Waals surface area contributed by atoms with Crippen LogP contribution in [0.4, 0.5) is 0 Å². The van der Waals surface area contributed by atoms with Gasteiger partial charge in [-0.3, -0.25) is 0 Å². The molecule has 0 unspecified atom stereocenters. The Bertz CT molecular complexity index is 481. The largest absolute Gasteiger partial charge is 0.488 e. The van der Waals surface area contributed by atoms with Gasteiger partial charge in [-0.05, 0) is 23.5 Å². The summed E-state index contributed by atoms with van der Waals surface area (Å²) in [6.07, 6.45) is 0. The second-order valence-corrected chi connectivity index (χ2v) is 3.87. The molecule has 3 heteroatoms. The van der Waals surface area contributed by atoms with Crippen LogP contribution in [0.3, 0.4) is 0 Å². The van der Waals surface area contributed by atoms with Crippen molar-refractivity contribution in [2.24, 2.45) is 0 Å². The zero-order valence-corrected chi connectivity index (χ0v) is 9.09. The Morgan fingerprint density at radius 1 is 0.875 bits per heavy atom. The fourth-order valence-electron chi connectivity index (χ4n) is 1.76. The summed E-state index contributed by atoms with van der Waals surface area (Å²) in [5, 5.41) is 18.4. The van der Waals surface area contributed by atoms with Crippen molar-refractivity contribution in [1.29, 1.82) is 0 Å². The van der Waals surface area contributed by atoms with Crippen molar-refractivity contribution in [3.05, 3.63) is 54.1 Å². The van der Waals surface area contributed by atoms with E-state index < -0.39 is 7.12 Å². The molecule has 0 radical (unpaired) electrons. The van der Waals surface area contributed by atoms with Crippen molar-refractivity contribution >= 4 is 12.6 Å². The van der Waals surface area contributed by atoms with Crippen molar-refractivity contribution in [1.82, 2.24) is 0 Å². The summed E-state index contributed by atoms with van der Waals surface area (Å²) in [7, 11) is -1.41. The van der Waals surface area contributed by atoms with Crippen molar-refractivity contribution in [3.63, 3.8) is 0 Å². The van der Waals surface area contributed by atoms with Crippen molar-refractivity contribution in [2.75, 3.05) is 0 Å². The summed E-state index contributed by atoms with van der Waals surface area (Å²) in [4.78, 5) is 0. The molecule has 0 bridgehead atoms. The van der Waals surface area contributed by atoms with Crippen LogP contribution in [0.15, 0.2) is 48.5 Å². The third-order valence-electron chi connectivity index (χ3n) is 2.50. The molecular formula is C13H13BO2. The molecule has 2 aromatic rings. The van der Waals surface area contributed by atoms with Crippen LogP contribution in [0.1, 0.15) is 5.56 Å². The van der Waals surface area contributed by atoms with Crippen molar-refractivity contribution in [3.8, 4) is 11.1 Å². The molecule has 0 amide bonds. The predicted molar refractivity (Wildman–Crippen MR) is 66.4 cm³/mol. The molecule has 0 aliphatic carbocycles. The molecule has 2 N–H and O–H groups in total. The van der Waals surface area contributed by atoms with E-state index in [0.717, 1.165) is 16.7 Å². The maximum atomic E-state index is 9.18. The molecule has 0 aliphatic heterocycles. The van der Waals surface area contributed by atoms with E-state index >= 15 is 0 Å². The third-order valence-corrected chi connectivity index (χ3v) is 2.50. The summed E-state index contributed by atoms with van der Waals surface area (Å²) in [5.41, 5.74) is 3.63. The van der Waals surface area contributed by atoms with Gasteiger partial charge in [0.1, 0.15) is 0 Å². The van der Waals surface area contributed by atoms with E-state index in [1.807, 2.05) is 43.3 Å². The maximum absolute atomic E-state index is 9.18. The van der Waals surface area contributed by atoms with Gasteiger partial charge in [0.15, 0.2) is 0 Å². The molecule has 2 rings (SSSR count). The van der Waals surface area contributed by atoms with Gasteiger partial charge in [-0.25, -0.2) is 0 Å². The first kappa shape index (κ1) is 10.9. The zero-order valence-electron chi connectivity index (χ0n) is 9.09. The Balaban J connectivity index is 2.50. The standard InChI is InChI=1S/C13H13BO2/c1-10-7-12(9-13(8-10)14(15)16)11-5-3-2-4-6-11/h2-9,15-16H,1H3. The fraction of sp³-hybridized carbons (Fsp3) is 0.0769. The number of hydrogen-bond acceptors (Lipinski definition) is 2. The average molecular weight is 212 g/mol. The van der Waals surface area contributed by atoms with E-state index in [1.165, 1.54) is 0 Å². The Morgan fingerprint density at radius 3 is 2.19 bits per heavy atom. The van der Waals surface area contributed by atoms with Crippen LogP contribution in [0.5, 0.6) is 0 Å². The molecule has 0 fully saturated rings. The Morgan fingerprint density at radius 2 is 1.56 bits per heavy atom. The first-order valence-corrected chi connectivity index (χ1v) is 5.20. The summed E-state index contributed by atoms with van der Waals surface area (Å²) >= 11 is 0. The van der Waals surface area contributed by atoms with E-state index in [-0.39, 0.29) is 0 Å². The lowest BCUT2D eigenvalue weighted by Gasteiger charge is -2.07. The van der Waals surface area contributed by atoms with Crippen LogP contribution in [0, 0.1) is 6.92 Å². The molecule has 0 spiro atoms. The summed E-state index contributed by atoms with van der Waals surface area (Å²) in [6, 6.07) is 15.5. The van der Waals surface area contributed by atoms with Crippen LogP contribution in [0.25, 0.3) is 11.1 Å². The first-order chi connectivity index (χ1) is 7.66. The summed E-state index contributed by atoms with van der Waals surface area (Å²) < 4.78 is 0. The summed E-state index contributed by atoms with van der Waals surface area (Å²) in [6.45, 7) is 1.94. The van der Waals surface area contributed by atoms with Crippen LogP contribution in [0.2, 0.25) is 0 Å². The minimum absolute atomic E-state index is 0.527. The highest BCUT2D eigenvalue weighted by Crippen LogP contribution is 2.18. The average Bonchev–Trinajstić information content (AvgIpc) is 2.29. The maximum Gasteiger partial charge on any atom is 0.488 e. The van der Waals surface area contributed by atoms with Gasteiger partial charge in [0.2, 0.25) is 0 Å². The molecule has 0 saturated carbocycles. The third kappa shape index (κ3) is 2.32. The molecule has 0 atom stereocenters. The zero-order chi connectivity index (χ0) is 11.5. The van der Waals surface area contributed by atoms with Crippen molar-refractivity contribution in [2.45, 2.75) is 6.92 Å². The number of hydrogen-bond donors (Lipinski definition) is 2. The van der Waals surface area contributed by atoms with Crippen molar-refractivity contribution < 1.29 is 10.0 Å². The monoisotopic (exact) mass is 212 g/mol. The molecule has 2 aromatic carbocycles. The topological polar surface area (TPSA) is 40.5 Å². The quantitative estimate of drug-likeness (QED) is 0.737. The molecule has 0 heterocycles. The fourth-order valence-corrected chi connectivity index (χ4v) is 1.76. The lowest BCUT2D eigenvalue weighted by molar-refractivity contribution is 0.426. The molecule has 0 aromatic heterocycles. The number of aryl methyl sites for hydroxylation is 1. The van der Waals surface area contributed by atoms with Crippen LogP contribution in [-0.4, -0.2) is 17.2 Å². The van der Waals surface area contributed by atoms with Crippen LogP contribution < -0.4 is 5.46 Å². The Labute approximate surface area is 95.3 Å². The van der Waals surface area contributed by atoms with Crippen LogP contribution in [-0.2, 0) is 0 Å². The van der Waals surface area contributed by atoms with Gasteiger partial charge < -0.3 is 10.0 Å².